The highest BCUT2D eigenvalue weighted by Gasteiger charge is 2.19. The molecule has 0 saturated carbocycles. The van der Waals surface area contributed by atoms with Crippen LogP contribution in [0.15, 0.2) is 22.0 Å². The molecular formula is C9H11NOS. The summed E-state index contributed by atoms with van der Waals surface area (Å²) in [6.07, 6.45) is 0. The standard InChI is InChI=1S/C9H11NOS/c1-6-3-8(11)10-7(2)5-12-9(10)4-6/h3-4,7H,5H2,1-2H3/t7-/m0/s1. The minimum Gasteiger partial charge on any atom is -0.300 e. The van der Waals surface area contributed by atoms with Crippen LogP contribution < -0.4 is 5.56 Å². The fourth-order valence-electron chi connectivity index (χ4n) is 1.51. The van der Waals surface area contributed by atoms with Gasteiger partial charge in [-0.3, -0.25) is 9.36 Å². The molecule has 1 aliphatic heterocycles. The number of hydrogen-bond donors (Lipinski definition) is 0. The molecule has 1 atom stereocenters. The summed E-state index contributed by atoms with van der Waals surface area (Å²) in [6, 6.07) is 4.14. The van der Waals surface area contributed by atoms with Crippen molar-refractivity contribution in [1.29, 1.82) is 0 Å². The monoisotopic (exact) mass is 181 g/mol. The molecular weight excluding hydrogens is 170 g/mol. The first-order valence-electron chi connectivity index (χ1n) is 4.04. The predicted molar refractivity (Wildman–Crippen MR) is 50.9 cm³/mol. The van der Waals surface area contributed by atoms with Crippen LogP contribution >= 0.6 is 11.8 Å². The molecule has 0 radical (unpaired) electrons. The summed E-state index contributed by atoms with van der Waals surface area (Å²) in [7, 11) is 0. The van der Waals surface area contributed by atoms with Crippen LogP contribution in [0, 0.1) is 6.92 Å². The molecule has 2 rings (SSSR count). The SMILES string of the molecule is Cc1cc2n(c(=O)c1)[C@@H](C)CS2. The van der Waals surface area contributed by atoms with Crippen LogP contribution in [-0.4, -0.2) is 10.3 Å². The van der Waals surface area contributed by atoms with Gasteiger partial charge in [-0.2, -0.15) is 0 Å². The lowest BCUT2D eigenvalue weighted by Gasteiger charge is -2.06. The minimum atomic E-state index is 0.141. The lowest BCUT2D eigenvalue weighted by Crippen LogP contribution is -2.21. The van der Waals surface area contributed by atoms with Gasteiger partial charge in [0.05, 0.1) is 5.03 Å². The lowest BCUT2D eigenvalue weighted by atomic mass is 10.3. The maximum Gasteiger partial charge on any atom is 0.251 e. The van der Waals surface area contributed by atoms with Gasteiger partial charge in [0.25, 0.3) is 5.56 Å². The van der Waals surface area contributed by atoms with Crippen LogP contribution in [0.25, 0.3) is 0 Å². The molecule has 0 N–H and O–H groups in total. The van der Waals surface area contributed by atoms with Crippen LogP contribution in [0.2, 0.25) is 0 Å². The largest absolute Gasteiger partial charge is 0.300 e. The van der Waals surface area contributed by atoms with Gasteiger partial charge in [-0.1, -0.05) is 0 Å². The van der Waals surface area contributed by atoms with E-state index in [0.29, 0.717) is 6.04 Å². The molecule has 1 aliphatic rings. The number of aryl methyl sites for hydroxylation is 1. The van der Waals surface area contributed by atoms with E-state index in [9.17, 15) is 4.79 Å². The Balaban J connectivity index is 2.69. The van der Waals surface area contributed by atoms with Crippen molar-refractivity contribution in [2.75, 3.05) is 5.75 Å². The van der Waals surface area contributed by atoms with Gasteiger partial charge in [-0.15, -0.1) is 11.8 Å². The number of rotatable bonds is 0. The summed E-state index contributed by atoms with van der Waals surface area (Å²) < 4.78 is 1.87. The zero-order valence-electron chi connectivity index (χ0n) is 7.20. The number of aromatic nitrogens is 1. The van der Waals surface area contributed by atoms with Gasteiger partial charge >= 0.3 is 0 Å². The molecule has 0 unspecified atom stereocenters. The Morgan fingerprint density at radius 3 is 3.08 bits per heavy atom. The fourth-order valence-corrected chi connectivity index (χ4v) is 2.74. The van der Waals surface area contributed by atoms with E-state index in [-0.39, 0.29) is 5.56 Å². The normalized spacial score (nSPS) is 21.0. The van der Waals surface area contributed by atoms with E-state index in [4.69, 9.17) is 0 Å². The van der Waals surface area contributed by atoms with Crippen molar-refractivity contribution in [2.45, 2.75) is 24.9 Å². The summed E-state index contributed by atoms with van der Waals surface area (Å²) in [6.45, 7) is 4.05. The molecule has 2 nitrogen and oxygen atoms in total. The number of hydrogen-bond acceptors (Lipinski definition) is 2. The zero-order valence-corrected chi connectivity index (χ0v) is 8.02. The zero-order chi connectivity index (χ0) is 8.72. The van der Waals surface area contributed by atoms with Crippen LogP contribution in [0.4, 0.5) is 0 Å². The Morgan fingerprint density at radius 2 is 2.33 bits per heavy atom. The molecule has 0 aromatic carbocycles. The second-order valence-electron chi connectivity index (χ2n) is 3.24. The third kappa shape index (κ3) is 1.08. The van der Waals surface area contributed by atoms with E-state index in [1.165, 1.54) is 0 Å². The highest BCUT2D eigenvalue weighted by molar-refractivity contribution is 7.99. The smallest absolute Gasteiger partial charge is 0.251 e. The van der Waals surface area contributed by atoms with Gasteiger partial charge in [0.15, 0.2) is 0 Å². The van der Waals surface area contributed by atoms with Gasteiger partial charge < -0.3 is 0 Å². The van der Waals surface area contributed by atoms with Crippen molar-refractivity contribution in [3.63, 3.8) is 0 Å². The van der Waals surface area contributed by atoms with Crippen molar-refractivity contribution in [3.8, 4) is 0 Å². The van der Waals surface area contributed by atoms with Crippen LogP contribution in [0.5, 0.6) is 0 Å². The van der Waals surface area contributed by atoms with Gasteiger partial charge in [-0.25, -0.2) is 0 Å². The van der Waals surface area contributed by atoms with E-state index >= 15 is 0 Å². The fraction of sp³-hybridized carbons (Fsp3) is 0.444. The second kappa shape index (κ2) is 2.66. The van der Waals surface area contributed by atoms with E-state index in [0.717, 1.165) is 16.3 Å². The first-order chi connectivity index (χ1) is 5.68. The highest BCUT2D eigenvalue weighted by Crippen LogP contribution is 2.30. The summed E-state index contributed by atoms with van der Waals surface area (Å²) in [4.78, 5) is 11.5. The Kier molecular flexibility index (Phi) is 1.76. The summed E-state index contributed by atoms with van der Waals surface area (Å²) in [5, 5.41) is 1.12. The average Bonchev–Trinajstić information content (AvgIpc) is 2.31. The molecule has 0 spiro atoms. The highest BCUT2D eigenvalue weighted by atomic mass is 32.2. The van der Waals surface area contributed by atoms with Crippen molar-refractivity contribution < 1.29 is 0 Å². The number of fused-ring (bicyclic) bond motifs is 1. The van der Waals surface area contributed by atoms with Crippen molar-refractivity contribution >= 4 is 11.8 Å². The van der Waals surface area contributed by atoms with Gasteiger partial charge in [0.2, 0.25) is 0 Å². The van der Waals surface area contributed by atoms with E-state index in [1.54, 1.807) is 17.8 Å². The van der Waals surface area contributed by atoms with E-state index in [1.807, 2.05) is 11.5 Å². The summed E-state index contributed by atoms with van der Waals surface area (Å²) >= 11 is 1.77. The summed E-state index contributed by atoms with van der Waals surface area (Å²) in [5.41, 5.74) is 1.20. The Morgan fingerprint density at radius 1 is 1.58 bits per heavy atom. The molecule has 12 heavy (non-hydrogen) atoms. The molecule has 2 heterocycles. The maximum atomic E-state index is 11.5. The summed E-state index contributed by atoms with van der Waals surface area (Å²) in [5.74, 6) is 1.03. The Hall–Kier alpha value is -0.700. The van der Waals surface area contributed by atoms with Crippen molar-refractivity contribution in [3.05, 3.63) is 28.0 Å². The number of nitrogens with zero attached hydrogens (tertiary/aromatic N) is 1. The number of thioether (sulfide) groups is 1. The van der Waals surface area contributed by atoms with Gasteiger partial charge in [0.1, 0.15) is 0 Å². The average molecular weight is 181 g/mol. The molecule has 64 valence electrons. The first-order valence-corrected chi connectivity index (χ1v) is 5.03. The molecule has 0 fully saturated rings. The quantitative estimate of drug-likeness (QED) is 0.609. The predicted octanol–water partition coefficient (Wildman–Crippen LogP) is 1.82. The van der Waals surface area contributed by atoms with Gasteiger partial charge in [-0.05, 0) is 25.5 Å². The van der Waals surface area contributed by atoms with Gasteiger partial charge in [0, 0.05) is 17.9 Å². The second-order valence-corrected chi connectivity index (χ2v) is 4.28. The third-order valence-electron chi connectivity index (χ3n) is 2.09. The molecule has 3 heteroatoms. The molecule has 1 aromatic rings. The van der Waals surface area contributed by atoms with Crippen molar-refractivity contribution in [2.24, 2.45) is 0 Å². The third-order valence-corrected chi connectivity index (χ3v) is 3.35. The molecule has 0 aliphatic carbocycles. The maximum absolute atomic E-state index is 11.5. The minimum absolute atomic E-state index is 0.141. The van der Waals surface area contributed by atoms with E-state index in [2.05, 4.69) is 13.0 Å². The molecule has 0 bridgehead atoms. The molecule has 1 aromatic heterocycles. The van der Waals surface area contributed by atoms with Crippen LogP contribution in [0.1, 0.15) is 18.5 Å². The first kappa shape index (κ1) is 7.92. The molecule has 0 saturated heterocycles. The Bertz CT molecular complexity index is 369. The topological polar surface area (TPSA) is 22.0 Å². The molecule has 0 amide bonds. The van der Waals surface area contributed by atoms with Crippen molar-refractivity contribution in [1.82, 2.24) is 4.57 Å². The number of pyridine rings is 1. The van der Waals surface area contributed by atoms with E-state index < -0.39 is 0 Å². The van der Waals surface area contributed by atoms with Crippen LogP contribution in [-0.2, 0) is 0 Å². The lowest BCUT2D eigenvalue weighted by molar-refractivity contribution is 0.562. The Labute approximate surface area is 75.6 Å². The van der Waals surface area contributed by atoms with Crippen LogP contribution in [0.3, 0.4) is 0 Å².